The van der Waals surface area contributed by atoms with Crippen molar-refractivity contribution in [2.24, 2.45) is 0 Å². The van der Waals surface area contributed by atoms with Crippen LogP contribution in [-0.4, -0.2) is 65.5 Å². The molecule has 144 valence electrons. The summed E-state index contributed by atoms with van der Waals surface area (Å²) in [5.74, 6) is -0.658. The van der Waals surface area contributed by atoms with Crippen molar-refractivity contribution in [3.8, 4) is 0 Å². The molecule has 0 unspecified atom stereocenters. The van der Waals surface area contributed by atoms with Crippen LogP contribution >= 0.6 is 35.6 Å². The van der Waals surface area contributed by atoms with Crippen molar-refractivity contribution in [3.63, 3.8) is 0 Å². The van der Waals surface area contributed by atoms with Gasteiger partial charge in [-0.25, -0.2) is 8.42 Å². The lowest BCUT2D eigenvalue weighted by Gasteiger charge is -2.25. The van der Waals surface area contributed by atoms with Gasteiger partial charge in [0.1, 0.15) is 10.9 Å². The Bertz CT molecular complexity index is 945. The van der Waals surface area contributed by atoms with E-state index >= 15 is 0 Å². The molecule has 2 amide bonds. The molecule has 27 heavy (non-hydrogen) atoms. The lowest BCUT2D eigenvalue weighted by molar-refractivity contribution is -0.135. The maximum Gasteiger partial charge on any atom is 0.266 e. The lowest BCUT2D eigenvalue weighted by Crippen LogP contribution is -2.45. The van der Waals surface area contributed by atoms with Crippen LogP contribution in [0.2, 0.25) is 5.02 Å². The van der Waals surface area contributed by atoms with E-state index in [1.165, 1.54) is 9.80 Å². The molecule has 1 atom stereocenters. The van der Waals surface area contributed by atoms with E-state index in [-0.39, 0.29) is 35.9 Å². The number of carbonyl (C=O) groups excluding carboxylic acids is 2. The Hall–Kier alpha value is -1.42. The molecule has 2 aliphatic heterocycles. The molecular formula is C17H17ClN2O4S3. The lowest BCUT2D eigenvalue weighted by atomic mass is 10.2. The summed E-state index contributed by atoms with van der Waals surface area (Å²) in [6.45, 7) is -0.211. The molecule has 0 aromatic heterocycles. The highest BCUT2D eigenvalue weighted by Crippen LogP contribution is 2.33. The molecular weight excluding hydrogens is 428 g/mol. The fourth-order valence-electron chi connectivity index (χ4n) is 2.90. The Morgan fingerprint density at radius 3 is 2.78 bits per heavy atom. The molecule has 0 bridgehead atoms. The van der Waals surface area contributed by atoms with Crippen molar-refractivity contribution in [1.82, 2.24) is 9.80 Å². The Morgan fingerprint density at radius 2 is 2.15 bits per heavy atom. The number of hydrogen-bond donors (Lipinski definition) is 0. The van der Waals surface area contributed by atoms with Crippen LogP contribution in [-0.2, 0) is 19.4 Å². The standard InChI is InChI=1S/C17H17ClN2O4S3/c1-19(12-6-7-27(23,24)10-12)15(21)9-20-16(22)14(26-17(20)25)8-11-4-2-3-5-13(11)18/h2-5,8,12H,6-7,9-10H2,1H3/b14-8-/t12-/m0/s1. The van der Waals surface area contributed by atoms with Gasteiger partial charge in [-0.15, -0.1) is 0 Å². The number of rotatable bonds is 4. The molecule has 0 radical (unpaired) electrons. The number of thioether (sulfide) groups is 1. The van der Waals surface area contributed by atoms with E-state index in [1.807, 2.05) is 6.07 Å². The topological polar surface area (TPSA) is 74.8 Å². The molecule has 3 rings (SSSR count). The van der Waals surface area contributed by atoms with Crippen molar-refractivity contribution in [1.29, 1.82) is 0 Å². The summed E-state index contributed by atoms with van der Waals surface area (Å²) in [7, 11) is -1.54. The van der Waals surface area contributed by atoms with Gasteiger partial charge in [0.2, 0.25) is 5.91 Å². The molecule has 0 N–H and O–H groups in total. The Morgan fingerprint density at radius 1 is 1.44 bits per heavy atom. The first kappa shape index (κ1) is 20.3. The summed E-state index contributed by atoms with van der Waals surface area (Å²) >= 11 is 12.5. The second-order valence-corrected chi connectivity index (χ2v) is 10.7. The molecule has 0 spiro atoms. The van der Waals surface area contributed by atoms with E-state index in [4.69, 9.17) is 23.8 Å². The van der Waals surface area contributed by atoms with E-state index < -0.39 is 9.84 Å². The molecule has 2 aliphatic rings. The van der Waals surface area contributed by atoms with Crippen molar-refractivity contribution >= 4 is 67.6 Å². The quantitative estimate of drug-likeness (QED) is 0.523. The average Bonchev–Trinajstić information content (AvgIpc) is 3.10. The minimum atomic E-state index is -3.10. The van der Waals surface area contributed by atoms with Crippen molar-refractivity contribution in [3.05, 3.63) is 39.8 Å². The number of amides is 2. The maximum absolute atomic E-state index is 12.7. The third-order valence-corrected chi connectivity index (χ3v) is 7.98. The van der Waals surface area contributed by atoms with Crippen LogP contribution in [0.1, 0.15) is 12.0 Å². The SMILES string of the molecule is CN(C(=O)CN1C(=O)/C(=C/c2ccccc2Cl)SC1=S)[C@H]1CCS(=O)(=O)C1. The van der Waals surface area contributed by atoms with E-state index in [0.717, 1.165) is 11.8 Å². The van der Waals surface area contributed by atoms with Gasteiger partial charge in [-0.2, -0.15) is 0 Å². The molecule has 2 saturated heterocycles. The van der Waals surface area contributed by atoms with Crippen molar-refractivity contribution in [2.45, 2.75) is 12.5 Å². The van der Waals surface area contributed by atoms with Gasteiger partial charge in [0.25, 0.3) is 5.91 Å². The number of hydrogen-bond acceptors (Lipinski definition) is 6. The Labute approximate surface area is 172 Å². The van der Waals surface area contributed by atoms with E-state index in [0.29, 0.717) is 26.2 Å². The summed E-state index contributed by atoms with van der Waals surface area (Å²) in [4.78, 5) is 28.2. The van der Waals surface area contributed by atoms with Crippen LogP contribution in [0, 0.1) is 0 Å². The second kappa shape index (κ2) is 7.90. The zero-order valence-electron chi connectivity index (χ0n) is 14.4. The summed E-state index contributed by atoms with van der Waals surface area (Å²) < 4.78 is 23.5. The summed E-state index contributed by atoms with van der Waals surface area (Å²) in [5, 5.41) is 0.515. The Balaban J connectivity index is 1.70. The van der Waals surface area contributed by atoms with Crippen LogP contribution < -0.4 is 0 Å². The zero-order valence-corrected chi connectivity index (χ0v) is 17.6. The van der Waals surface area contributed by atoms with Gasteiger partial charge in [0.05, 0.1) is 16.4 Å². The zero-order chi connectivity index (χ0) is 19.8. The highest BCUT2D eigenvalue weighted by Gasteiger charge is 2.37. The molecule has 2 fully saturated rings. The summed E-state index contributed by atoms with van der Waals surface area (Å²) in [6, 6.07) is 6.76. The van der Waals surface area contributed by atoms with Crippen LogP contribution in [0.4, 0.5) is 0 Å². The molecule has 1 aromatic rings. The van der Waals surface area contributed by atoms with Crippen LogP contribution in [0.25, 0.3) is 6.08 Å². The van der Waals surface area contributed by atoms with Gasteiger partial charge in [-0.1, -0.05) is 53.8 Å². The number of halogens is 1. The minimum absolute atomic E-state index is 0.0416. The van der Waals surface area contributed by atoms with Crippen molar-refractivity contribution in [2.75, 3.05) is 25.1 Å². The molecule has 0 saturated carbocycles. The van der Waals surface area contributed by atoms with Gasteiger partial charge in [-0.3, -0.25) is 14.5 Å². The second-order valence-electron chi connectivity index (χ2n) is 6.35. The minimum Gasteiger partial charge on any atom is -0.340 e. The number of likely N-dealkylation sites (N-methyl/N-ethyl adjacent to an activating group) is 1. The highest BCUT2D eigenvalue weighted by atomic mass is 35.5. The first-order valence-electron chi connectivity index (χ1n) is 8.14. The number of benzene rings is 1. The van der Waals surface area contributed by atoms with E-state index in [2.05, 4.69) is 0 Å². The summed E-state index contributed by atoms with van der Waals surface area (Å²) in [5.41, 5.74) is 0.694. The van der Waals surface area contributed by atoms with Gasteiger partial charge < -0.3 is 4.90 Å². The predicted octanol–water partition coefficient (Wildman–Crippen LogP) is 2.19. The maximum atomic E-state index is 12.7. The molecule has 6 nitrogen and oxygen atoms in total. The third-order valence-electron chi connectivity index (χ3n) is 4.51. The van der Waals surface area contributed by atoms with Crippen LogP contribution in [0.15, 0.2) is 29.2 Å². The average molecular weight is 445 g/mol. The van der Waals surface area contributed by atoms with Crippen LogP contribution in [0.3, 0.4) is 0 Å². The largest absolute Gasteiger partial charge is 0.340 e. The van der Waals surface area contributed by atoms with Crippen molar-refractivity contribution < 1.29 is 18.0 Å². The molecule has 2 heterocycles. The number of carbonyl (C=O) groups is 2. The van der Waals surface area contributed by atoms with Gasteiger partial charge in [0.15, 0.2) is 9.84 Å². The van der Waals surface area contributed by atoms with E-state index in [9.17, 15) is 18.0 Å². The molecule has 0 aliphatic carbocycles. The van der Waals surface area contributed by atoms with Gasteiger partial charge >= 0.3 is 0 Å². The van der Waals surface area contributed by atoms with Gasteiger partial charge in [-0.05, 0) is 24.1 Å². The first-order chi connectivity index (χ1) is 12.7. The van der Waals surface area contributed by atoms with Crippen LogP contribution in [0.5, 0.6) is 0 Å². The third kappa shape index (κ3) is 4.53. The number of thiocarbonyl (C=S) groups is 1. The molecule has 1 aromatic carbocycles. The van der Waals surface area contributed by atoms with Gasteiger partial charge in [0, 0.05) is 18.1 Å². The van der Waals surface area contributed by atoms with E-state index in [1.54, 1.807) is 31.3 Å². The monoisotopic (exact) mass is 444 g/mol. The molecule has 10 heteroatoms. The highest BCUT2D eigenvalue weighted by molar-refractivity contribution is 8.26. The first-order valence-corrected chi connectivity index (χ1v) is 11.6. The fourth-order valence-corrected chi connectivity index (χ4v) is 6.11. The Kier molecular flexibility index (Phi) is 5.95. The fraction of sp³-hybridized carbons (Fsp3) is 0.353. The number of nitrogens with zero attached hydrogens (tertiary/aromatic N) is 2. The predicted molar refractivity (Wildman–Crippen MR) is 111 cm³/mol. The smallest absolute Gasteiger partial charge is 0.266 e. The normalized spacial score (nSPS) is 23.3. The number of sulfone groups is 1. The summed E-state index contributed by atoms with van der Waals surface area (Å²) in [6.07, 6.45) is 2.06.